The number of anilines is 1. The van der Waals surface area contributed by atoms with Gasteiger partial charge in [0.2, 0.25) is 0 Å². The van der Waals surface area contributed by atoms with Crippen LogP contribution in [0.5, 0.6) is 5.75 Å². The highest BCUT2D eigenvalue weighted by Crippen LogP contribution is 2.24. The van der Waals surface area contributed by atoms with E-state index >= 15 is 0 Å². The van der Waals surface area contributed by atoms with Gasteiger partial charge in [0.05, 0.1) is 6.04 Å². The summed E-state index contributed by atoms with van der Waals surface area (Å²) in [6.45, 7) is 1.76. The molecule has 0 spiro atoms. The Hall–Kier alpha value is -2.10. The van der Waals surface area contributed by atoms with Gasteiger partial charge in [0.25, 0.3) is 0 Å². The minimum atomic E-state index is -0.596. The number of halogens is 2. The summed E-state index contributed by atoms with van der Waals surface area (Å²) in [5, 5.41) is 12.4. The third-order valence-electron chi connectivity index (χ3n) is 2.66. The van der Waals surface area contributed by atoms with Gasteiger partial charge in [-0.15, -0.1) is 0 Å². The molecule has 0 fully saturated rings. The van der Waals surface area contributed by atoms with E-state index in [1.54, 1.807) is 25.1 Å². The van der Waals surface area contributed by atoms with Gasteiger partial charge in [0.15, 0.2) is 0 Å². The molecule has 94 valence electrons. The zero-order valence-electron chi connectivity index (χ0n) is 9.82. The van der Waals surface area contributed by atoms with Gasteiger partial charge >= 0.3 is 0 Å². The van der Waals surface area contributed by atoms with E-state index in [4.69, 9.17) is 0 Å². The summed E-state index contributed by atoms with van der Waals surface area (Å²) in [6, 6.07) is 9.70. The fourth-order valence-electron chi connectivity index (χ4n) is 1.78. The summed E-state index contributed by atoms with van der Waals surface area (Å²) in [6.07, 6.45) is 0. The smallest absolute Gasteiger partial charge is 0.131 e. The Labute approximate surface area is 104 Å². The van der Waals surface area contributed by atoms with Crippen LogP contribution in [-0.2, 0) is 0 Å². The van der Waals surface area contributed by atoms with E-state index in [-0.39, 0.29) is 11.8 Å². The third kappa shape index (κ3) is 2.77. The van der Waals surface area contributed by atoms with Crippen LogP contribution < -0.4 is 5.32 Å². The van der Waals surface area contributed by atoms with Gasteiger partial charge in [-0.05, 0) is 25.1 Å². The van der Waals surface area contributed by atoms with Crippen molar-refractivity contribution in [2.75, 3.05) is 5.32 Å². The molecule has 2 nitrogen and oxygen atoms in total. The van der Waals surface area contributed by atoms with Crippen LogP contribution in [0.1, 0.15) is 18.5 Å². The average molecular weight is 249 g/mol. The van der Waals surface area contributed by atoms with Gasteiger partial charge < -0.3 is 10.4 Å². The van der Waals surface area contributed by atoms with Gasteiger partial charge in [0.1, 0.15) is 17.4 Å². The van der Waals surface area contributed by atoms with Crippen molar-refractivity contribution in [3.63, 3.8) is 0 Å². The van der Waals surface area contributed by atoms with Gasteiger partial charge in [-0.25, -0.2) is 8.78 Å². The number of nitrogens with one attached hydrogen (secondary N) is 1. The molecule has 0 saturated heterocycles. The molecule has 2 aromatic rings. The molecule has 0 aliphatic heterocycles. The minimum Gasteiger partial charge on any atom is -0.508 e. The first-order valence-electron chi connectivity index (χ1n) is 5.57. The minimum absolute atomic E-state index is 0.131. The molecular formula is C14H13F2NO. The highest BCUT2D eigenvalue weighted by molar-refractivity contribution is 5.49. The van der Waals surface area contributed by atoms with Crippen LogP contribution in [0.25, 0.3) is 0 Å². The summed E-state index contributed by atoms with van der Waals surface area (Å²) < 4.78 is 26.4. The van der Waals surface area contributed by atoms with Crippen LogP contribution in [0.3, 0.4) is 0 Å². The maximum Gasteiger partial charge on any atom is 0.131 e. The summed E-state index contributed by atoms with van der Waals surface area (Å²) in [5.41, 5.74) is 1.05. The number of rotatable bonds is 3. The number of phenols is 1. The highest BCUT2D eigenvalue weighted by Gasteiger charge is 2.11. The predicted molar refractivity (Wildman–Crippen MR) is 66.5 cm³/mol. The third-order valence-corrected chi connectivity index (χ3v) is 2.66. The molecule has 2 rings (SSSR count). The van der Waals surface area contributed by atoms with Crippen molar-refractivity contribution in [3.8, 4) is 5.75 Å². The Kier molecular flexibility index (Phi) is 3.46. The van der Waals surface area contributed by atoms with E-state index < -0.39 is 11.6 Å². The van der Waals surface area contributed by atoms with E-state index in [0.717, 1.165) is 6.07 Å². The first-order valence-corrected chi connectivity index (χ1v) is 5.57. The summed E-state index contributed by atoms with van der Waals surface area (Å²) in [5.74, 6) is -1.05. The Morgan fingerprint density at radius 3 is 2.56 bits per heavy atom. The van der Waals surface area contributed by atoms with Crippen molar-refractivity contribution in [2.24, 2.45) is 0 Å². The van der Waals surface area contributed by atoms with Crippen molar-refractivity contribution in [3.05, 3.63) is 59.7 Å². The Balaban J connectivity index is 2.19. The summed E-state index contributed by atoms with van der Waals surface area (Å²) in [7, 11) is 0. The maximum atomic E-state index is 13.6. The van der Waals surface area contributed by atoms with E-state index in [9.17, 15) is 13.9 Å². The molecule has 0 aliphatic rings. The number of phenolic OH excluding ortho intramolecular Hbond substituents is 1. The monoisotopic (exact) mass is 249 g/mol. The zero-order valence-corrected chi connectivity index (χ0v) is 9.82. The standard InChI is InChI=1S/C14H13F2NO/c1-9(13-6-5-10(15)7-14(13)16)17-11-3-2-4-12(18)8-11/h2-9,17-18H,1H3. The molecule has 0 bridgehead atoms. The second kappa shape index (κ2) is 5.04. The van der Waals surface area contributed by atoms with Gasteiger partial charge in [-0.3, -0.25) is 0 Å². The lowest BCUT2D eigenvalue weighted by Gasteiger charge is -2.16. The second-order valence-electron chi connectivity index (χ2n) is 4.08. The lowest BCUT2D eigenvalue weighted by molar-refractivity contribution is 0.475. The molecule has 4 heteroatoms. The quantitative estimate of drug-likeness (QED) is 0.866. The summed E-state index contributed by atoms with van der Waals surface area (Å²) >= 11 is 0. The number of benzene rings is 2. The van der Waals surface area contributed by atoms with Crippen molar-refractivity contribution in [2.45, 2.75) is 13.0 Å². The lowest BCUT2D eigenvalue weighted by atomic mass is 10.1. The molecular weight excluding hydrogens is 236 g/mol. The molecule has 1 unspecified atom stereocenters. The molecule has 0 heterocycles. The van der Waals surface area contributed by atoms with Crippen LogP contribution in [0, 0.1) is 11.6 Å². The first kappa shape index (κ1) is 12.4. The van der Waals surface area contributed by atoms with Crippen LogP contribution in [0.4, 0.5) is 14.5 Å². The Morgan fingerprint density at radius 2 is 1.89 bits per heavy atom. The van der Waals surface area contributed by atoms with E-state index in [1.165, 1.54) is 18.2 Å². The largest absolute Gasteiger partial charge is 0.508 e. The Bertz CT molecular complexity index is 557. The molecule has 18 heavy (non-hydrogen) atoms. The van der Waals surface area contributed by atoms with Crippen LogP contribution in [0.15, 0.2) is 42.5 Å². The topological polar surface area (TPSA) is 32.3 Å². The fraction of sp³-hybridized carbons (Fsp3) is 0.143. The fourth-order valence-corrected chi connectivity index (χ4v) is 1.78. The predicted octanol–water partition coefficient (Wildman–Crippen LogP) is 3.84. The molecule has 0 aliphatic carbocycles. The number of hydrogen-bond acceptors (Lipinski definition) is 2. The van der Waals surface area contributed by atoms with Crippen LogP contribution >= 0.6 is 0 Å². The average Bonchev–Trinajstić information content (AvgIpc) is 2.28. The Morgan fingerprint density at radius 1 is 1.11 bits per heavy atom. The van der Waals surface area contributed by atoms with Gasteiger partial charge in [-0.2, -0.15) is 0 Å². The maximum absolute atomic E-state index is 13.6. The van der Waals surface area contributed by atoms with Crippen LogP contribution in [-0.4, -0.2) is 5.11 Å². The normalized spacial score (nSPS) is 12.2. The number of aromatic hydroxyl groups is 1. The number of hydrogen-bond donors (Lipinski definition) is 2. The summed E-state index contributed by atoms with van der Waals surface area (Å²) in [4.78, 5) is 0. The van der Waals surface area contributed by atoms with E-state index in [1.807, 2.05) is 0 Å². The lowest BCUT2D eigenvalue weighted by Crippen LogP contribution is -2.08. The van der Waals surface area contributed by atoms with Crippen molar-refractivity contribution >= 4 is 5.69 Å². The molecule has 2 aromatic carbocycles. The molecule has 2 N–H and O–H groups in total. The molecule has 0 radical (unpaired) electrons. The van der Waals surface area contributed by atoms with Crippen molar-refractivity contribution in [1.29, 1.82) is 0 Å². The SMILES string of the molecule is CC(Nc1cccc(O)c1)c1ccc(F)cc1F. The first-order chi connectivity index (χ1) is 8.56. The van der Waals surface area contributed by atoms with Gasteiger partial charge in [-0.1, -0.05) is 12.1 Å². The highest BCUT2D eigenvalue weighted by atomic mass is 19.1. The van der Waals surface area contributed by atoms with Crippen molar-refractivity contribution < 1.29 is 13.9 Å². The zero-order chi connectivity index (χ0) is 13.1. The molecule has 0 aromatic heterocycles. The van der Waals surface area contributed by atoms with E-state index in [0.29, 0.717) is 11.3 Å². The van der Waals surface area contributed by atoms with E-state index in [2.05, 4.69) is 5.32 Å². The molecule has 0 saturated carbocycles. The van der Waals surface area contributed by atoms with Crippen LogP contribution in [0.2, 0.25) is 0 Å². The second-order valence-corrected chi connectivity index (χ2v) is 4.08. The molecule has 1 atom stereocenters. The van der Waals surface area contributed by atoms with Crippen molar-refractivity contribution in [1.82, 2.24) is 0 Å². The van der Waals surface area contributed by atoms with Gasteiger partial charge in [0, 0.05) is 23.4 Å². The molecule has 0 amide bonds.